The second-order valence-electron chi connectivity index (χ2n) is 5.79. The molecule has 2 aromatic heterocycles. The van der Waals surface area contributed by atoms with Crippen LogP contribution in [0.1, 0.15) is 36.5 Å². The molecule has 0 aliphatic carbocycles. The molecule has 0 unspecified atom stereocenters. The van der Waals surface area contributed by atoms with Gasteiger partial charge in [0.05, 0.1) is 6.54 Å². The molecule has 0 saturated heterocycles. The van der Waals surface area contributed by atoms with Crippen LogP contribution in [0.3, 0.4) is 0 Å². The summed E-state index contributed by atoms with van der Waals surface area (Å²) in [6.45, 7) is 6.85. The van der Waals surface area contributed by atoms with Crippen molar-refractivity contribution in [3.63, 3.8) is 0 Å². The maximum absolute atomic E-state index is 11.8. The third kappa shape index (κ3) is 2.64. The van der Waals surface area contributed by atoms with E-state index >= 15 is 0 Å². The molecule has 0 atom stereocenters. The van der Waals surface area contributed by atoms with Gasteiger partial charge in [0.15, 0.2) is 4.80 Å². The summed E-state index contributed by atoms with van der Waals surface area (Å²) in [5, 5.41) is 10.7. The summed E-state index contributed by atoms with van der Waals surface area (Å²) in [7, 11) is 0. The fraction of sp³-hybridized carbons (Fsp3) is 0.294. The van der Waals surface area contributed by atoms with Gasteiger partial charge in [-0.3, -0.25) is 5.41 Å². The minimum absolute atomic E-state index is 0.346. The summed E-state index contributed by atoms with van der Waals surface area (Å²) >= 11 is 1.37. The smallest absolute Gasteiger partial charge is 0.336 e. The van der Waals surface area contributed by atoms with Crippen LogP contribution in [0.15, 0.2) is 39.0 Å². The highest BCUT2D eigenvalue weighted by atomic mass is 32.1. The van der Waals surface area contributed by atoms with E-state index in [0.717, 1.165) is 16.5 Å². The highest BCUT2D eigenvalue weighted by Gasteiger charge is 2.12. The van der Waals surface area contributed by atoms with Gasteiger partial charge in [-0.05, 0) is 41.7 Å². The zero-order valence-electron chi connectivity index (χ0n) is 12.8. The van der Waals surface area contributed by atoms with Gasteiger partial charge >= 0.3 is 5.63 Å². The Morgan fingerprint density at radius 2 is 2.09 bits per heavy atom. The van der Waals surface area contributed by atoms with Crippen molar-refractivity contribution in [2.24, 2.45) is 0 Å². The number of thiazole rings is 1. The lowest BCUT2D eigenvalue weighted by atomic mass is 9.95. The molecule has 0 fully saturated rings. The molecule has 22 heavy (non-hydrogen) atoms. The monoisotopic (exact) mass is 314 g/mol. The number of nitrogens with one attached hydrogen (secondary N) is 1. The highest BCUT2D eigenvalue weighted by Crippen LogP contribution is 2.27. The third-order valence-corrected chi connectivity index (χ3v) is 4.58. The average Bonchev–Trinajstić information content (AvgIpc) is 2.83. The summed E-state index contributed by atoms with van der Waals surface area (Å²) in [5.74, 6) is 0.407. The number of rotatable bonds is 3. The van der Waals surface area contributed by atoms with E-state index in [4.69, 9.17) is 9.83 Å². The Kier molecular flexibility index (Phi) is 3.74. The molecule has 3 aromatic rings. The maximum Gasteiger partial charge on any atom is 0.336 e. The molecule has 114 valence electrons. The molecule has 3 rings (SSSR count). The molecule has 4 nitrogen and oxygen atoms in total. The molecule has 5 heteroatoms. The largest absolute Gasteiger partial charge is 0.423 e. The summed E-state index contributed by atoms with van der Waals surface area (Å²) in [6, 6.07) is 5.59. The number of nitrogens with zero attached hydrogens (tertiary/aromatic N) is 1. The fourth-order valence-electron chi connectivity index (χ4n) is 2.76. The first-order valence-electron chi connectivity index (χ1n) is 7.21. The Bertz CT molecular complexity index is 947. The SMILES string of the molecule is Cc1cc2oc(=O)cc(Cn3ccsc3=N)c2cc1C(C)C. The number of aromatic nitrogens is 1. The van der Waals surface area contributed by atoms with Crippen LogP contribution >= 0.6 is 11.3 Å². The predicted octanol–water partition coefficient (Wildman–Crippen LogP) is 3.62. The van der Waals surface area contributed by atoms with Crippen molar-refractivity contribution in [2.45, 2.75) is 33.2 Å². The van der Waals surface area contributed by atoms with E-state index in [1.165, 1.54) is 23.0 Å². The molecule has 0 aliphatic heterocycles. The van der Waals surface area contributed by atoms with Gasteiger partial charge in [0.1, 0.15) is 5.58 Å². The minimum atomic E-state index is -0.346. The quantitative estimate of drug-likeness (QED) is 0.751. The van der Waals surface area contributed by atoms with Gasteiger partial charge in [0.2, 0.25) is 0 Å². The van der Waals surface area contributed by atoms with Crippen molar-refractivity contribution < 1.29 is 4.42 Å². The van der Waals surface area contributed by atoms with Gasteiger partial charge in [-0.15, -0.1) is 11.3 Å². The van der Waals surface area contributed by atoms with Crippen LogP contribution < -0.4 is 10.4 Å². The van der Waals surface area contributed by atoms with Crippen molar-refractivity contribution in [1.82, 2.24) is 4.57 Å². The standard InChI is InChI=1S/C17H18N2O2S/c1-10(2)13-8-14-12(9-19-4-5-22-17(19)18)7-16(20)21-15(14)6-11(13)3/h4-8,10,18H,9H2,1-3H3. The van der Waals surface area contributed by atoms with Gasteiger partial charge in [-0.25, -0.2) is 4.79 Å². The van der Waals surface area contributed by atoms with E-state index in [1.54, 1.807) is 0 Å². The first kappa shape index (κ1) is 14.8. The summed E-state index contributed by atoms with van der Waals surface area (Å²) in [6.07, 6.45) is 1.87. The van der Waals surface area contributed by atoms with Gasteiger partial charge in [-0.2, -0.15) is 0 Å². The van der Waals surface area contributed by atoms with E-state index < -0.39 is 0 Å². The molecule has 0 aliphatic rings. The molecular formula is C17H18N2O2S. The normalized spacial score (nSPS) is 11.5. The van der Waals surface area contributed by atoms with Crippen LogP contribution in [-0.4, -0.2) is 4.57 Å². The van der Waals surface area contributed by atoms with Crippen LogP contribution in [0.5, 0.6) is 0 Å². The van der Waals surface area contributed by atoms with Gasteiger partial charge in [0.25, 0.3) is 0 Å². The lowest BCUT2D eigenvalue weighted by Gasteiger charge is -2.13. The lowest BCUT2D eigenvalue weighted by Crippen LogP contribution is -2.14. The van der Waals surface area contributed by atoms with Crippen LogP contribution in [0.2, 0.25) is 0 Å². The molecule has 2 heterocycles. The van der Waals surface area contributed by atoms with Crippen LogP contribution in [0.4, 0.5) is 0 Å². The van der Waals surface area contributed by atoms with Crippen molar-refractivity contribution in [3.8, 4) is 0 Å². The number of hydrogen-bond acceptors (Lipinski definition) is 4. The minimum Gasteiger partial charge on any atom is -0.423 e. The lowest BCUT2D eigenvalue weighted by molar-refractivity contribution is 0.557. The number of hydrogen-bond donors (Lipinski definition) is 1. The van der Waals surface area contributed by atoms with Crippen molar-refractivity contribution in [3.05, 3.63) is 61.7 Å². The first-order chi connectivity index (χ1) is 10.5. The van der Waals surface area contributed by atoms with E-state index in [1.807, 2.05) is 29.1 Å². The number of fused-ring (bicyclic) bond motifs is 1. The topological polar surface area (TPSA) is 59.0 Å². The zero-order valence-corrected chi connectivity index (χ0v) is 13.7. The van der Waals surface area contributed by atoms with Crippen LogP contribution in [0.25, 0.3) is 11.0 Å². The zero-order chi connectivity index (χ0) is 15.9. The molecule has 0 radical (unpaired) electrons. The van der Waals surface area contributed by atoms with Gasteiger partial charge in [0, 0.05) is 23.0 Å². The summed E-state index contributed by atoms with van der Waals surface area (Å²) in [4.78, 5) is 12.3. The van der Waals surface area contributed by atoms with Crippen molar-refractivity contribution in [1.29, 1.82) is 5.41 Å². The average molecular weight is 314 g/mol. The number of benzene rings is 1. The van der Waals surface area contributed by atoms with Crippen molar-refractivity contribution >= 4 is 22.3 Å². The van der Waals surface area contributed by atoms with Crippen LogP contribution in [-0.2, 0) is 6.54 Å². The van der Waals surface area contributed by atoms with Gasteiger partial charge < -0.3 is 8.98 Å². The van der Waals surface area contributed by atoms with E-state index in [2.05, 4.69) is 19.9 Å². The Morgan fingerprint density at radius 3 is 2.73 bits per heavy atom. The highest BCUT2D eigenvalue weighted by molar-refractivity contribution is 7.06. The molecule has 0 bridgehead atoms. The van der Waals surface area contributed by atoms with E-state index in [9.17, 15) is 4.79 Å². The fourth-order valence-corrected chi connectivity index (χ4v) is 3.35. The van der Waals surface area contributed by atoms with Crippen molar-refractivity contribution in [2.75, 3.05) is 0 Å². The first-order valence-corrected chi connectivity index (χ1v) is 8.09. The molecular weight excluding hydrogens is 296 g/mol. The summed E-state index contributed by atoms with van der Waals surface area (Å²) < 4.78 is 7.19. The molecule has 1 N–H and O–H groups in total. The Morgan fingerprint density at radius 1 is 1.32 bits per heavy atom. The molecule has 0 spiro atoms. The maximum atomic E-state index is 11.8. The molecule has 1 aromatic carbocycles. The second kappa shape index (κ2) is 5.57. The second-order valence-corrected chi connectivity index (χ2v) is 6.68. The predicted molar refractivity (Wildman–Crippen MR) is 88.6 cm³/mol. The van der Waals surface area contributed by atoms with E-state index in [0.29, 0.717) is 22.8 Å². The Hall–Kier alpha value is -2.14. The van der Waals surface area contributed by atoms with E-state index in [-0.39, 0.29) is 5.63 Å². The number of aryl methyl sites for hydroxylation is 1. The van der Waals surface area contributed by atoms with Crippen LogP contribution in [0, 0.1) is 12.3 Å². The Labute approximate surface area is 132 Å². The Balaban J connectivity index is 2.24. The summed E-state index contributed by atoms with van der Waals surface area (Å²) in [5.41, 5.74) is 3.55. The van der Waals surface area contributed by atoms with Gasteiger partial charge in [-0.1, -0.05) is 13.8 Å². The molecule has 0 saturated carbocycles. The third-order valence-electron chi connectivity index (χ3n) is 3.86. The molecule has 0 amide bonds.